The number of pyridine rings is 1. The zero-order chi connectivity index (χ0) is 11.5. The summed E-state index contributed by atoms with van der Waals surface area (Å²) in [7, 11) is 0. The Bertz CT molecular complexity index is 478. The molecule has 17 heavy (non-hydrogen) atoms. The highest BCUT2D eigenvalue weighted by Gasteiger charge is 2.16. The lowest BCUT2D eigenvalue weighted by molar-refractivity contribution is 0.470. The monoisotopic (exact) mass is 227 g/mol. The van der Waals surface area contributed by atoms with E-state index >= 15 is 0 Å². The molecule has 0 saturated carbocycles. The number of hydrogen-bond acceptors (Lipinski definition) is 5. The molecule has 0 aliphatic carbocycles. The molecule has 3 rings (SSSR count). The smallest absolute Gasteiger partial charge is 0.222 e. The van der Waals surface area contributed by atoms with Crippen molar-refractivity contribution in [2.75, 3.05) is 18.4 Å². The maximum Gasteiger partial charge on any atom is 0.222 e. The molecular formula is C12H13N5. The fourth-order valence-electron chi connectivity index (χ4n) is 1.64. The standard InChI is InChI=1S/C12H13N5/c1-2-4-14-11(3-1)9-5-15-12(16-6-9)17-10-7-13-8-10/h1-6,10,13H,7-8H2,(H,15,16,17). The third-order valence-electron chi connectivity index (χ3n) is 2.73. The van der Waals surface area contributed by atoms with Crippen LogP contribution in [0.25, 0.3) is 11.3 Å². The highest BCUT2D eigenvalue weighted by atomic mass is 15.2. The Morgan fingerprint density at radius 3 is 2.53 bits per heavy atom. The topological polar surface area (TPSA) is 62.7 Å². The van der Waals surface area contributed by atoms with Crippen molar-refractivity contribution in [1.82, 2.24) is 20.3 Å². The number of nitrogens with one attached hydrogen (secondary N) is 2. The van der Waals surface area contributed by atoms with Crippen molar-refractivity contribution in [2.45, 2.75) is 6.04 Å². The highest BCUT2D eigenvalue weighted by Crippen LogP contribution is 2.14. The van der Waals surface area contributed by atoms with Crippen LogP contribution in [-0.4, -0.2) is 34.1 Å². The minimum Gasteiger partial charge on any atom is -0.349 e. The molecule has 0 bridgehead atoms. The maximum absolute atomic E-state index is 4.29. The Labute approximate surface area is 99.3 Å². The lowest BCUT2D eigenvalue weighted by Crippen LogP contribution is -2.51. The second kappa shape index (κ2) is 4.47. The van der Waals surface area contributed by atoms with Gasteiger partial charge in [-0.2, -0.15) is 0 Å². The minimum atomic E-state index is 0.454. The highest BCUT2D eigenvalue weighted by molar-refractivity contribution is 5.56. The summed E-state index contributed by atoms with van der Waals surface area (Å²) in [4.78, 5) is 12.8. The minimum absolute atomic E-state index is 0.454. The molecule has 0 unspecified atom stereocenters. The lowest BCUT2D eigenvalue weighted by Gasteiger charge is -2.27. The molecule has 2 aromatic rings. The van der Waals surface area contributed by atoms with E-state index in [9.17, 15) is 0 Å². The van der Waals surface area contributed by atoms with Crippen LogP contribution in [0.4, 0.5) is 5.95 Å². The summed E-state index contributed by atoms with van der Waals surface area (Å²) in [5.41, 5.74) is 1.83. The van der Waals surface area contributed by atoms with Crippen LogP contribution in [0, 0.1) is 0 Å². The van der Waals surface area contributed by atoms with Crippen LogP contribution >= 0.6 is 0 Å². The van der Waals surface area contributed by atoms with Gasteiger partial charge in [-0.15, -0.1) is 0 Å². The first kappa shape index (κ1) is 10.2. The van der Waals surface area contributed by atoms with Gasteiger partial charge in [-0.05, 0) is 12.1 Å². The first-order valence-electron chi connectivity index (χ1n) is 5.62. The van der Waals surface area contributed by atoms with Crippen molar-refractivity contribution in [3.63, 3.8) is 0 Å². The van der Waals surface area contributed by atoms with Crippen molar-refractivity contribution < 1.29 is 0 Å². The number of hydrogen-bond donors (Lipinski definition) is 2. The summed E-state index contributed by atoms with van der Waals surface area (Å²) in [5.74, 6) is 0.677. The molecule has 5 nitrogen and oxygen atoms in total. The quantitative estimate of drug-likeness (QED) is 0.816. The van der Waals surface area contributed by atoms with Crippen LogP contribution in [0.3, 0.4) is 0 Å². The van der Waals surface area contributed by atoms with Gasteiger partial charge in [0.2, 0.25) is 5.95 Å². The Kier molecular flexibility index (Phi) is 2.67. The molecule has 0 radical (unpaired) electrons. The predicted molar refractivity (Wildman–Crippen MR) is 65.5 cm³/mol. The molecule has 1 saturated heterocycles. The van der Waals surface area contributed by atoms with Crippen molar-refractivity contribution in [2.24, 2.45) is 0 Å². The average Bonchev–Trinajstić information content (AvgIpc) is 2.36. The molecule has 1 fully saturated rings. The van der Waals surface area contributed by atoms with E-state index in [1.54, 1.807) is 18.6 Å². The van der Waals surface area contributed by atoms with Gasteiger partial charge >= 0.3 is 0 Å². The molecule has 0 aromatic carbocycles. The van der Waals surface area contributed by atoms with Crippen molar-refractivity contribution in [3.05, 3.63) is 36.8 Å². The lowest BCUT2D eigenvalue weighted by atomic mass is 10.2. The average molecular weight is 227 g/mol. The third kappa shape index (κ3) is 2.24. The largest absolute Gasteiger partial charge is 0.349 e. The second-order valence-electron chi connectivity index (χ2n) is 4.01. The summed E-state index contributed by atoms with van der Waals surface area (Å²) < 4.78 is 0. The van der Waals surface area contributed by atoms with Crippen LogP contribution in [0.2, 0.25) is 0 Å². The van der Waals surface area contributed by atoms with Crippen LogP contribution in [-0.2, 0) is 0 Å². The number of aromatic nitrogens is 3. The number of nitrogens with zero attached hydrogens (tertiary/aromatic N) is 3. The Balaban J connectivity index is 1.75. The molecule has 86 valence electrons. The predicted octanol–water partition coefficient (Wildman–Crippen LogP) is 0.922. The Hall–Kier alpha value is -2.01. The molecule has 1 aliphatic rings. The second-order valence-corrected chi connectivity index (χ2v) is 4.01. The van der Waals surface area contributed by atoms with E-state index < -0.39 is 0 Å². The van der Waals surface area contributed by atoms with E-state index in [1.807, 2.05) is 18.2 Å². The number of rotatable bonds is 3. The van der Waals surface area contributed by atoms with Crippen molar-refractivity contribution >= 4 is 5.95 Å². The van der Waals surface area contributed by atoms with E-state index in [0.717, 1.165) is 24.3 Å². The van der Waals surface area contributed by atoms with Crippen LogP contribution < -0.4 is 10.6 Å². The zero-order valence-electron chi connectivity index (χ0n) is 9.30. The van der Waals surface area contributed by atoms with Gasteiger partial charge in [0.15, 0.2) is 0 Å². The first-order chi connectivity index (χ1) is 8.42. The Morgan fingerprint density at radius 1 is 1.12 bits per heavy atom. The van der Waals surface area contributed by atoms with Gasteiger partial charge in [0.25, 0.3) is 0 Å². The van der Waals surface area contributed by atoms with E-state index in [0.29, 0.717) is 12.0 Å². The molecular weight excluding hydrogens is 214 g/mol. The summed E-state index contributed by atoms with van der Waals surface area (Å²) >= 11 is 0. The van der Waals surface area contributed by atoms with Gasteiger partial charge in [0.1, 0.15) is 0 Å². The van der Waals surface area contributed by atoms with Crippen LogP contribution in [0.5, 0.6) is 0 Å². The summed E-state index contributed by atoms with van der Waals surface area (Å²) in [6, 6.07) is 6.25. The van der Waals surface area contributed by atoms with Gasteiger partial charge in [-0.25, -0.2) is 9.97 Å². The van der Waals surface area contributed by atoms with E-state index in [2.05, 4.69) is 25.6 Å². The van der Waals surface area contributed by atoms with E-state index in [-0.39, 0.29) is 0 Å². The fraction of sp³-hybridized carbons (Fsp3) is 0.250. The maximum atomic E-state index is 4.29. The molecule has 0 amide bonds. The van der Waals surface area contributed by atoms with Gasteiger partial charge < -0.3 is 10.6 Å². The molecule has 2 N–H and O–H groups in total. The third-order valence-corrected chi connectivity index (χ3v) is 2.73. The van der Waals surface area contributed by atoms with Gasteiger partial charge in [0.05, 0.1) is 11.7 Å². The summed E-state index contributed by atoms with van der Waals surface area (Å²) in [6.07, 6.45) is 5.36. The van der Waals surface area contributed by atoms with Crippen molar-refractivity contribution in [1.29, 1.82) is 0 Å². The molecule has 1 aliphatic heterocycles. The van der Waals surface area contributed by atoms with Gasteiger partial charge in [0, 0.05) is 37.2 Å². The molecule has 0 spiro atoms. The molecule has 0 atom stereocenters. The van der Waals surface area contributed by atoms with Crippen molar-refractivity contribution in [3.8, 4) is 11.3 Å². The zero-order valence-corrected chi connectivity index (χ0v) is 9.30. The van der Waals surface area contributed by atoms with Crippen LogP contribution in [0.1, 0.15) is 0 Å². The Morgan fingerprint density at radius 2 is 1.94 bits per heavy atom. The normalized spacial score (nSPS) is 15.3. The summed E-state index contributed by atoms with van der Waals surface area (Å²) in [6.45, 7) is 1.96. The van der Waals surface area contributed by atoms with E-state index in [1.165, 1.54) is 0 Å². The van der Waals surface area contributed by atoms with Gasteiger partial charge in [-0.3, -0.25) is 4.98 Å². The van der Waals surface area contributed by atoms with E-state index in [4.69, 9.17) is 0 Å². The first-order valence-corrected chi connectivity index (χ1v) is 5.62. The SMILES string of the molecule is c1ccc(-c2cnc(NC3CNC3)nc2)nc1. The number of anilines is 1. The van der Waals surface area contributed by atoms with Gasteiger partial charge in [-0.1, -0.05) is 6.07 Å². The van der Waals surface area contributed by atoms with Crippen LogP contribution in [0.15, 0.2) is 36.8 Å². The fourth-order valence-corrected chi connectivity index (χ4v) is 1.64. The molecule has 3 heterocycles. The molecule has 2 aromatic heterocycles. The molecule has 5 heteroatoms. The summed E-state index contributed by atoms with van der Waals surface area (Å²) in [5, 5.41) is 6.44.